The van der Waals surface area contributed by atoms with Crippen LogP contribution in [0, 0.1) is 6.92 Å². The molecule has 49 heavy (non-hydrogen) atoms. The summed E-state index contributed by atoms with van der Waals surface area (Å²) in [5.74, 6) is 0. The maximum atomic E-state index is 2.44. The Bertz CT molecular complexity index is 2310. The van der Waals surface area contributed by atoms with Crippen LogP contribution in [0.25, 0.3) is 54.9 Å². The van der Waals surface area contributed by atoms with E-state index in [0.29, 0.717) is 0 Å². The lowest BCUT2D eigenvalue weighted by Crippen LogP contribution is -2.06. The molecule has 7 aromatic carbocycles. The fourth-order valence-corrected chi connectivity index (χ4v) is 9.18. The van der Waals surface area contributed by atoms with Crippen LogP contribution < -0.4 is 0 Å². The Balaban J connectivity index is 0.000000193. The fourth-order valence-electron chi connectivity index (χ4n) is 9.18. The minimum absolute atomic E-state index is 1.19. The van der Waals surface area contributed by atoms with E-state index < -0.39 is 0 Å². The van der Waals surface area contributed by atoms with Gasteiger partial charge in [-0.05, 0) is 159 Å². The zero-order chi connectivity index (χ0) is 32.7. The Morgan fingerprint density at radius 2 is 0.755 bits per heavy atom. The molecule has 0 aliphatic heterocycles. The Morgan fingerprint density at radius 1 is 0.327 bits per heavy atom. The van der Waals surface area contributed by atoms with Gasteiger partial charge in [0.05, 0.1) is 0 Å². The third-order valence-corrected chi connectivity index (χ3v) is 11.5. The molecule has 10 rings (SSSR count). The van der Waals surface area contributed by atoms with Gasteiger partial charge in [-0.25, -0.2) is 0 Å². The average Bonchev–Trinajstić information content (AvgIpc) is 3.17. The smallest absolute Gasteiger partial charge is 0.00234 e. The highest BCUT2D eigenvalue weighted by molar-refractivity contribution is 6.22. The van der Waals surface area contributed by atoms with Gasteiger partial charge in [-0.3, -0.25) is 0 Å². The van der Waals surface area contributed by atoms with Gasteiger partial charge >= 0.3 is 0 Å². The van der Waals surface area contributed by atoms with Crippen molar-refractivity contribution < 1.29 is 0 Å². The first kappa shape index (κ1) is 30.1. The molecule has 0 atom stereocenters. The van der Waals surface area contributed by atoms with E-state index in [9.17, 15) is 0 Å². The number of aryl methyl sites for hydroxylation is 5. The zero-order valence-electron chi connectivity index (χ0n) is 28.7. The van der Waals surface area contributed by atoms with Gasteiger partial charge in [0.1, 0.15) is 0 Å². The van der Waals surface area contributed by atoms with E-state index in [1.54, 1.807) is 22.3 Å². The number of rotatable bonds is 2. The molecule has 0 unspecified atom stereocenters. The second kappa shape index (κ2) is 12.8. The molecule has 0 bridgehead atoms. The molecule has 0 saturated heterocycles. The van der Waals surface area contributed by atoms with Gasteiger partial charge in [0.25, 0.3) is 0 Å². The number of benzene rings is 7. The molecule has 0 heteroatoms. The SMILES string of the molecule is Cc1ccc2c(-c3cccc4c3CCCC4)c3ccccc3c(-c3cccc4c3CCCC4)c2c1.c1ccc2c(c1)CCc1ccccc1-2. The van der Waals surface area contributed by atoms with Gasteiger partial charge in [-0.2, -0.15) is 0 Å². The topological polar surface area (TPSA) is 0 Å². The molecule has 0 N–H and O–H groups in total. The third kappa shape index (κ3) is 5.39. The minimum atomic E-state index is 1.19. The first-order valence-electron chi connectivity index (χ1n) is 18.6. The number of hydrogen-bond acceptors (Lipinski definition) is 0. The van der Waals surface area contributed by atoms with Gasteiger partial charge in [0, 0.05) is 0 Å². The van der Waals surface area contributed by atoms with Crippen LogP contribution in [0.15, 0.2) is 127 Å². The quantitative estimate of drug-likeness (QED) is 0.166. The molecule has 0 spiro atoms. The van der Waals surface area contributed by atoms with E-state index in [1.165, 1.54) is 136 Å². The van der Waals surface area contributed by atoms with Crippen LogP contribution in [0.3, 0.4) is 0 Å². The van der Waals surface area contributed by atoms with Crippen molar-refractivity contribution in [2.24, 2.45) is 0 Å². The van der Waals surface area contributed by atoms with Crippen LogP contribution in [-0.2, 0) is 38.5 Å². The minimum Gasteiger partial charge on any atom is -0.0620 e. The first-order valence-corrected chi connectivity index (χ1v) is 18.6. The third-order valence-electron chi connectivity index (χ3n) is 11.5. The molecule has 0 heterocycles. The van der Waals surface area contributed by atoms with E-state index in [0.717, 1.165) is 0 Å². The van der Waals surface area contributed by atoms with E-state index in [2.05, 4.69) is 134 Å². The summed E-state index contributed by atoms with van der Waals surface area (Å²) in [5, 5.41) is 5.60. The molecule has 240 valence electrons. The van der Waals surface area contributed by atoms with Crippen molar-refractivity contribution in [2.45, 2.75) is 71.1 Å². The van der Waals surface area contributed by atoms with E-state index >= 15 is 0 Å². The molecular formula is C49H44. The van der Waals surface area contributed by atoms with Crippen LogP contribution in [-0.4, -0.2) is 0 Å². The van der Waals surface area contributed by atoms with Crippen molar-refractivity contribution in [3.63, 3.8) is 0 Å². The predicted molar refractivity (Wildman–Crippen MR) is 210 cm³/mol. The van der Waals surface area contributed by atoms with Crippen LogP contribution in [0.4, 0.5) is 0 Å². The van der Waals surface area contributed by atoms with Crippen LogP contribution in [0.5, 0.6) is 0 Å². The Kier molecular flexibility index (Phi) is 7.89. The Hall–Kier alpha value is -4.94. The van der Waals surface area contributed by atoms with Crippen LogP contribution in [0.1, 0.15) is 64.6 Å². The Labute approximate surface area is 291 Å². The predicted octanol–water partition coefficient (Wildman–Crippen LogP) is 12.8. The largest absolute Gasteiger partial charge is 0.0620 e. The number of fused-ring (bicyclic) bond motifs is 7. The van der Waals surface area contributed by atoms with E-state index in [4.69, 9.17) is 0 Å². The molecule has 0 aromatic heterocycles. The maximum absolute atomic E-state index is 2.44. The Morgan fingerprint density at radius 3 is 1.33 bits per heavy atom. The fraction of sp³-hybridized carbons (Fsp3) is 0.224. The molecule has 0 nitrogen and oxygen atoms in total. The highest BCUT2D eigenvalue weighted by Crippen LogP contribution is 2.47. The van der Waals surface area contributed by atoms with Crippen molar-refractivity contribution in [1.82, 2.24) is 0 Å². The molecule has 3 aliphatic rings. The molecular weight excluding hydrogens is 589 g/mol. The molecule has 0 saturated carbocycles. The van der Waals surface area contributed by atoms with Crippen LogP contribution in [0.2, 0.25) is 0 Å². The summed E-state index contributed by atoms with van der Waals surface area (Å²) in [6.07, 6.45) is 12.4. The summed E-state index contributed by atoms with van der Waals surface area (Å²) < 4.78 is 0. The van der Waals surface area contributed by atoms with Gasteiger partial charge in [-0.1, -0.05) is 133 Å². The average molecular weight is 633 g/mol. The lowest BCUT2D eigenvalue weighted by Gasteiger charge is -2.25. The normalized spacial score (nSPS) is 14.6. The summed E-state index contributed by atoms with van der Waals surface area (Å²) in [7, 11) is 0. The van der Waals surface area contributed by atoms with Gasteiger partial charge in [-0.15, -0.1) is 0 Å². The van der Waals surface area contributed by atoms with Crippen molar-refractivity contribution in [1.29, 1.82) is 0 Å². The highest BCUT2D eigenvalue weighted by atomic mass is 14.3. The highest BCUT2D eigenvalue weighted by Gasteiger charge is 2.23. The van der Waals surface area contributed by atoms with Crippen molar-refractivity contribution in [3.05, 3.63) is 166 Å². The monoisotopic (exact) mass is 632 g/mol. The molecule has 0 amide bonds. The summed E-state index contributed by atoms with van der Waals surface area (Å²) in [4.78, 5) is 0. The van der Waals surface area contributed by atoms with Gasteiger partial charge < -0.3 is 0 Å². The van der Waals surface area contributed by atoms with Crippen molar-refractivity contribution >= 4 is 21.5 Å². The van der Waals surface area contributed by atoms with Gasteiger partial charge in [0.2, 0.25) is 0 Å². The first-order chi connectivity index (χ1) is 24.2. The lowest BCUT2D eigenvalue weighted by atomic mass is 9.79. The number of hydrogen-bond donors (Lipinski definition) is 0. The lowest BCUT2D eigenvalue weighted by molar-refractivity contribution is 0.687. The van der Waals surface area contributed by atoms with Crippen molar-refractivity contribution in [3.8, 4) is 33.4 Å². The van der Waals surface area contributed by atoms with Crippen LogP contribution >= 0.6 is 0 Å². The summed E-state index contributed by atoms with van der Waals surface area (Å²) in [6.45, 7) is 2.24. The summed E-state index contributed by atoms with van der Waals surface area (Å²) in [5.41, 5.74) is 19.2. The van der Waals surface area contributed by atoms with E-state index in [1.807, 2.05) is 0 Å². The molecule has 3 aliphatic carbocycles. The zero-order valence-corrected chi connectivity index (χ0v) is 28.7. The standard InChI is InChI=1S/C35H32.C14H12/c1-23-20-21-32-33(22-23)35(29-19-9-13-25-11-3-5-15-27(25)29)31-17-7-6-16-30(31)34(32)28-18-8-12-24-10-2-4-14-26(24)28;1-3-7-13-11(5-1)9-10-12-6-2-4-8-14(12)13/h6-9,12-13,16-22H,2-5,10-11,14-15H2,1H3;1-8H,9-10H2. The van der Waals surface area contributed by atoms with Crippen molar-refractivity contribution in [2.75, 3.05) is 0 Å². The summed E-state index contributed by atoms with van der Waals surface area (Å²) in [6, 6.07) is 47.9. The molecule has 0 fully saturated rings. The molecule has 0 radical (unpaired) electrons. The van der Waals surface area contributed by atoms with Gasteiger partial charge in [0.15, 0.2) is 0 Å². The second-order valence-electron chi connectivity index (χ2n) is 14.5. The second-order valence-corrected chi connectivity index (χ2v) is 14.5. The summed E-state index contributed by atoms with van der Waals surface area (Å²) >= 11 is 0. The van der Waals surface area contributed by atoms with E-state index in [-0.39, 0.29) is 0 Å². The maximum Gasteiger partial charge on any atom is -0.00234 e. The molecule has 7 aromatic rings.